The lowest BCUT2D eigenvalue weighted by atomic mass is 10.4. The summed E-state index contributed by atoms with van der Waals surface area (Å²) in [6, 6.07) is 1.71. The summed E-state index contributed by atoms with van der Waals surface area (Å²) in [5.41, 5.74) is 0.630. The van der Waals surface area contributed by atoms with Gasteiger partial charge in [0.1, 0.15) is 6.54 Å². The van der Waals surface area contributed by atoms with Crippen molar-refractivity contribution in [2.45, 2.75) is 26.1 Å². The highest BCUT2D eigenvalue weighted by Gasteiger charge is 2.00. The van der Waals surface area contributed by atoms with Crippen LogP contribution in [0.5, 0.6) is 0 Å². The zero-order chi connectivity index (χ0) is 8.97. The number of aliphatic hydroxyl groups is 1. The fraction of sp³-hybridized carbons (Fsp3) is 0.571. The van der Waals surface area contributed by atoms with E-state index >= 15 is 0 Å². The van der Waals surface area contributed by atoms with E-state index in [0.29, 0.717) is 12.2 Å². The molecule has 5 heteroatoms. The predicted octanol–water partition coefficient (Wildman–Crippen LogP) is 0.530. The van der Waals surface area contributed by atoms with Crippen molar-refractivity contribution in [3.8, 4) is 0 Å². The molecule has 1 N–H and O–H groups in total. The molecule has 66 valence electrons. The van der Waals surface area contributed by atoms with E-state index in [1.165, 1.54) is 0 Å². The topological polar surface area (TPSA) is 67.5 Å². The number of rotatable bonds is 4. The molecule has 0 unspecified atom stereocenters. The third-order valence-electron chi connectivity index (χ3n) is 1.37. The Morgan fingerprint density at radius 2 is 2.58 bits per heavy atom. The van der Waals surface area contributed by atoms with E-state index < -0.39 is 6.10 Å². The Bertz CT molecular complexity index is 257. The molecule has 0 aliphatic carbocycles. The normalized spacial score (nSPS) is 12.8. The maximum atomic E-state index is 9.86. The Kier molecular flexibility index (Phi) is 2.93. The van der Waals surface area contributed by atoms with Gasteiger partial charge in [-0.25, -0.2) is 0 Å². The fourth-order valence-corrected chi connectivity index (χ4v) is 0.927. The summed E-state index contributed by atoms with van der Waals surface area (Å²) >= 11 is 0. The average Bonchev–Trinajstić information content (AvgIpc) is 2.36. The quantitative estimate of drug-likeness (QED) is 0.668. The van der Waals surface area contributed by atoms with Gasteiger partial charge in [0.2, 0.25) is 0 Å². The van der Waals surface area contributed by atoms with E-state index in [9.17, 15) is 4.91 Å². The first kappa shape index (κ1) is 8.86. The van der Waals surface area contributed by atoms with Crippen molar-refractivity contribution in [1.82, 2.24) is 9.78 Å². The molecule has 1 heterocycles. The van der Waals surface area contributed by atoms with Gasteiger partial charge in [-0.15, -0.1) is 0 Å². The van der Waals surface area contributed by atoms with Gasteiger partial charge in [-0.3, -0.25) is 4.68 Å². The van der Waals surface area contributed by atoms with Crippen LogP contribution in [0.3, 0.4) is 0 Å². The van der Waals surface area contributed by atoms with E-state index in [4.69, 9.17) is 5.11 Å². The van der Waals surface area contributed by atoms with E-state index in [1.807, 2.05) is 0 Å². The lowest BCUT2D eigenvalue weighted by Gasteiger charge is -2.02. The number of aromatic nitrogens is 2. The molecule has 1 aromatic rings. The van der Waals surface area contributed by atoms with Crippen LogP contribution in [-0.4, -0.2) is 21.0 Å². The van der Waals surface area contributed by atoms with E-state index in [2.05, 4.69) is 10.3 Å². The molecule has 12 heavy (non-hydrogen) atoms. The van der Waals surface area contributed by atoms with E-state index in [1.54, 1.807) is 23.9 Å². The first-order chi connectivity index (χ1) is 5.72. The minimum absolute atomic E-state index is 0.0901. The van der Waals surface area contributed by atoms with Gasteiger partial charge in [0, 0.05) is 6.20 Å². The first-order valence-electron chi connectivity index (χ1n) is 3.72. The molecule has 0 bridgehead atoms. The summed E-state index contributed by atoms with van der Waals surface area (Å²) in [5, 5.41) is 15.7. The van der Waals surface area contributed by atoms with Gasteiger partial charge in [-0.1, -0.05) is 5.18 Å². The van der Waals surface area contributed by atoms with Crippen molar-refractivity contribution in [2.75, 3.05) is 0 Å². The molecule has 1 aromatic heterocycles. The van der Waals surface area contributed by atoms with Gasteiger partial charge in [0.25, 0.3) is 0 Å². The van der Waals surface area contributed by atoms with Crippen molar-refractivity contribution in [1.29, 1.82) is 0 Å². The lowest BCUT2D eigenvalue weighted by Crippen LogP contribution is -2.12. The molecule has 0 radical (unpaired) electrons. The molecule has 0 aromatic carbocycles. The molecule has 0 amide bonds. The van der Waals surface area contributed by atoms with Crippen LogP contribution < -0.4 is 0 Å². The Hall–Kier alpha value is -1.23. The van der Waals surface area contributed by atoms with E-state index in [0.717, 1.165) is 0 Å². The van der Waals surface area contributed by atoms with Crippen molar-refractivity contribution in [3.63, 3.8) is 0 Å². The molecular formula is C7H11N3O2. The van der Waals surface area contributed by atoms with Crippen LogP contribution in [0.4, 0.5) is 0 Å². The van der Waals surface area contributed by atoms with Crippen molar-refractivity contribution < 1.29 is 5.11 Å². The fourth-order valence-electron chi connectivity index (χ4n) is 0.927. The zero-order valence-electron chi connectivity index (χ0n) is 6.84. The first-order valence-corrected chi connectivity index (χ1v) is 3.72. The zero-order valence-corrected chi connectivity index (χ0v) is 6.84. The monoisotopic (exact) mass is 169 g/mol. The molecule has 0 saturated carbocycles. The summed E-state index contributed by atoms with van der Waals surface area (Å²) in [7, 11) is 0. The number of nitroso groups, excluding NO2 is 1. The van der Waals surface area contributed by atoms with Gasteiger partial charge < -0.3 is 5.11 Å². The SMILES string of the molecule is C[C@H](O)Cn1ccc(CN=O)n1. The molecule has 0 aliphatic heterocycles. The molecule has 0 spiro atoms. The van der Waals surface area contributed by atoms with Crippen LogP contribution in [0.25, 0.3) is 0 Å². The Balaban J connectivity index is 2.57. The minimum atomic E-state index is -0.429. The summed E-state index contributed by atoms with van der Waals surface area (Å²) in [6.07, 6.45) is 1.29. The average molecular weight is 169 g/mol. The Labute approximate surface area is 70.0 Å². The van der Waals surface area contributed by atoms with Crippen molar-refractivity contribution in [3.05, 3.63) is 22.9 Å². The van der Waals surface area contributed by atoms with Crippen LogP contribution in [0, 0.1) is 4.91 Å². The number of hydrogen-bond acceptors (Lipinski definition) is 4. The molecule has 1 atom stereocenters. The second-order valence-electron chi connectivity index (χ2n) is 2.67. The molecule has 1 rings (SSSR count). The van der Waals surface area contributed by atoms with Crippen LogP contribution in [-0.2, 0) is 13.1 Å². The maximum absolute atomic E-state index is 9.86. The second-order valence-corrected chi connectivity index (χ2v) is 2.67. The summed E-state index contributed by atoms with van der Waals surface area (Å²) in [4.78, 5) is 9.86. The largest absolute Gasteiger partial charge is 0.391 e. The third-order valence-corrected chi connectivity index (χ3v) is 1.37. The number of nitrogens with zero attached hydrogens (tertiary/aromatic N) is 3. The molecular weight excluding hydrogens is 158 g/mol. The highest BCUT2D eigenvalue weighted by atomic mass is 16.3. The van der Waals surface area contributed by atoms with Crippen LogP contribution in [0.1, 0.15) is 12.6 Å². The standard InChI is InChI=1S/C7H11N3O2/c1-6(11)5-10-3-2-7(9-10)4-8-12/h2-3,6,11H,4-5H2,1H3/t6-/m0/s1. The Morgan fingerprint density at radius 3 is 3.17 bits per heavy atom. The Morgan fingerprint density at radius 1 is 1.83 bits per heavy atom. The molecule has 5 nitrogen and oxygen atoms in total. The van der Waals surface area contributed by atoms with Gasteiger partial charge in [-0.2, -0.15) is 10.0 Å². The second kappa shape index (κ2) is 3.96. The predicted molar refractivity (Wildman–Crippen MR) is 43.4 cm³/mol. The number of hydrogen-bond donors (Lipinski definition) is 1. The van der Waals surface area contributed by atoms with Gasteiger partial charge in [0.15, 0.2) is 0 Å². The van der Waals surface area contributed by atoms with E-state index in [-0.39, 0.29) is 6.54 Å². The summed E-state index contributed by atoms with van der Waals surface area (Å²) in [5.74, 6) is 0. The summed E-state index contributed by atoms with van der Waals surface area (Å²) < 4.78 is 1.59. The maximum Gasteiger partial charge on any atom is 0.125 e. The van der Waals surface area contributed by atoms with Crippen LogP contribution in [0.2, 0.25) is 0 Å². The smallest absolute Gasteiger partial charge is 0.125 e. The highest BCUT2D eigenvalue weighted by Crippen LogP contribution is 1.98. The summed E-state index contributed by atoms with van der Waals surface area (Å²) in [6.45, 7) is 2.21. The van der Waals surface area contributed by atoms with Crippen molar-refractivity contribution >= 4 is 0 Å². The highest BCUT2D eigenvalue weighted by molar-refractivity contribution is 4.98. The molecule has 0 fully saturated rings. The third kappa shape index (κ3) is 2.43. The van der Waals surface area contributed by atoms with Crippen LogP contribution in [0.15, 0.2) is 17.4 Å². The number of aliphatic hydroxyl groups excluding tert-OH is 1. The lowest BCUT2D eigenvalue weighted by molar-refractivity contribution is 0.168. The molecule has 0 saturated heterocycles. The van der Waals surface area contributed by atoms with Gasteiger partial charge in [-0.05, 0) is 13.0 Å². The van der Waals surface area contributed by atoms with Gasteiger partial charge in [0.05, 0.1) is 18.3 Å². The van der Waals surface area contributed by atoms with Crippen molar-refractivity contribution in [2.24, 2.45) is 5.18 Å². The van der Waals surface area contributed by atoms with Gasteiger partial charge >= 0.3 is 0 Å². The minimum Gasteiger partial charge on any atom is -0.391 e. The van der Waals surface area contributed by atoms with Crippen LogP contribution >= 0.6 is 0 Å². The molecule has 0 aliphatic rings.